The molecule has 1 aromatic carbocycles. The molecule has 0 bridgehead atoms. The number of esters is 1. The summed E-state index contributed by atoms with van der Waals surface area (Å²) in [5, 5.41) is 4.25. The Bertz CT molecular complexity index is 1270. The quantitative estimate of drug-likeness (QED) is 0.375. The fraction of sp³-hybridized carbons (Fsp3) is 0.217. The van der Waals surface area contributed by atoms with Gasteiger partial charge in [0.05, 0.1) is 5.69 Å². The maximum absolute atomic E-state index is 12.8. The van der Waals surface area contributed by atoms with Crippen molar-refractivity contribution in [2.24, 2.45) is 0 Å². The summed E-state index contributed by atoms with van der Waals surface area (Å²) in [6.45, 7) is 7.23. The van der Waals surface area contributed by atoms with E-state index in [-0.39, 0.29) is 18.0 Å². The van der Waals surface area contributed by atoms with E-state index in [4.69, 9.17) is 4.74 Å². The third-order valence-corrected chi connectivity index (χ3v) is 5.13. The summed E-state index contributed by atoms with van der Waals surface area (Å²) in [6.07, 6.45) is 3.29. The predicted molar refractivity (Wildman–Crippen MR) is 112 cm³/mol. The number of rotatable bonds is 5. The SMILES string of the molecule is Cc1ccc(-n2c(C)cc(C(=O)COC(=O)c3c(C)nn4cccnc34)c2C)cc1. The normalized spacial score (nSPS) is 11.1. The van der Waals surface area contributed by atoms with Crippen LogP contribution in [0.4, 0.5) is 0 Å². The number of hydrogen-bond donors (Lipinski definition) is 0. The first-order valence-corrected chi connectivity index (χ1v) is 9.63. The Labute approximate surface area is 173 Å². The lowest BCUT2D eigenvalue weighted by atomic mass is 10.1. The standard InChI is InChI=1S/C23H22N4O3/c1-14-6-8-18(9-7-14)27-15(2)12-19(17(27)4)20(28)13-30-23(29)21-16(3)25-26-11-5-10-24-22(21)26/h5-12H,13H2,1-4H3. The van der Waals surface area contributed by atoms with Gasteiger partial charge in [0, 0.05) is 35.0 Å². The fourth-order valence-electron chi connectivity index (χ4n) is 3.65. The first kappa shape index (κ1) is 19.6. The Morgan fingerprint density at radius 2 is 1.80 bits per heavy atom. The zero-order valence-corrected chi connectivity index (χ0v) is 17.3. The minimum Gasteiger partial charge on any atom is -0.454 e. The number of carbonyl (C=O) groups is 2. The number of hydrogen-bond acceptors (Lipinski definition) is 5. The molecule has 0 amide bonds. The van der Waals surface area contributed by atoms with Gasteiger partial charge in [-0.25, -0.2) is 14.3 Å². The van der Waals surface area contributed by atoms with E-state index in [1.54, 1.807) is 25.4 Å². The van der Waals surface area contributed by atoms with Crippen molar-refractivity contribution in [3.05, 3.63) is 82.6 Å². The van der Waals surface area contributed by atoms with E-state index in [1.807, 2.05) is 55.7 Å². The van der Waals surface area contributed by atoms with Crippen LogP contribution in [0, 0.1) is 27.7 Å². The zero-order chi connectivity index (χ0) is 21.4. The van der Waals surface area contributed by atoms with E-state index in [9.17, 15) is 9.59 Å². The predicted octanol–water partition coefficient (Wildman–Crippen LogP) is 3.79. The van der Waals surface area contributed by atoms with Crippen LogP contribution < -0.4 is 0 Å². The summed E-state index contributed by atoms with van der Waals surface area (Å²) < 4.78 is 8.86. The van der Waals surface area contributed by atoms with Crippen molar-refractivity contribution in [1.82, 2.24) is 19.2 Å². The molecule has 3 heterocycles. The Morgan fingerprint density at radius 1 is 1.07 bits per heavy atom. The van der Waals surface area contributed by atoms with Crippen LogP contribution in [0.3, 0.4) is 0 Å². The summed E-state index contributed by atoms with van der Waals surface area (Å²) in [4.78, 5) is 29.6. The Morgan fingerprint density at radius 3 is 2.53 bits per heavy atom. The highest BCUT2D eigenvalue weighted by Gasteiger charge is 2.22. The summed E-state index contributed by atoms with van der Waals surface area (Å²) >= 11 is 0. The van der Waals surface area contributed by atoms with Crippen molar-refractivity contribution in [2.45, 2.75) is 27.7 Å². The van der Waals surface area contributed by atoms with Gasteiger partial charge in [-0.05, 0) is 52.0 Å². The molecule has 7 nitrogen and oxygen atoms in total. The average Bonchev–Trinajstić information content (AvgIpc) is 3.22. The second-order valence-corrected chi connectivity index (χ2v) is 7.30. The van der Waals surface area contributed by atoms with Gasteiger partial charge < -0.3 is 9.30 Å². The van der Waals surface area contributed by atoms with Crippen LogP contribution in [0.5, 0.6) is 0 Å². The number of aromatic nitrogens is 4. The highest BCUT2D eigenvalue weighted by Crippen LogP contribution is 2.22. The van der Waals surface area contributed by atoms with Gasteiger partial charge in [-0.1, -0.05) is 17.7 Å². The van der Waals surface area contributed by atoms with Gasteiger partial charge in [0.25, 0.3) is 0 Å². The molecule has 3 aromatic heterocycles. The highest BCUT2D eigenvalue weighted by atomic mass is 16.5. The summed E-state index contributed by atoms with van der Waals surface area (Å²) in [5.74, 6) is -0.862. The van der Waals surface area contributed by atoms with Crippen molar-refractivity contribution in [3.63, 3.8) is 0 Å². The van der Waals surface area contributed by atoms with Gasteiger partial charge in [-0.2, -0.15) is 5.10 Å². The van der Waals surface area contributed by atoms with Gasteiger partial charge in [0.15, 0.2) is 12.3 Å². The molecule has 0 spiro atoms. The molecule has 0 aliphatic heterocycles. The number of nitrogens with zero attached hydrogens (tertiary/aromatic N) is 4. The molecule has 4 rings (SSSR count). The smallest absolute Gasteiger partial charge is 0.344 e. The topological polar surface area (TPSA) is 78.5 Å². The molecule has 7 heteroatoms. The van der Waals surface area contributed by atoms with Crippen molar-refractivity contribution in [2.75, 3.05) is 6.61 Å². The number of fused-ring (bicyclic) bond motifs is 1. The largest absolute Gasteiger partial charge is 0.454 e. The lowest BCUT2D eigenvalue weighted by molar-refractivity contribution is 0.0475. The molecule has 0 aliphatic carbocycles. The summed E-state index contributed by atoms with van der Waals surface area (Å²) in [5.41, 5.74) is 5.62. The van der Waals surface area contributed by atoms with Crippen molar-refractivity contribution < 1.29 is 14.3 Å². The molecule has 0 atom stereocenters. The van der Waals surface area contributed by atoms with Gasteiger partial charge >= 0.3 is 5.97 Å². The van der Waals surface area contributed by atoms with E-state index >= 15 is 0 Å². The third kappa shape index (κ3) is 3.39. The molecule has 0 fully saturated rings. The maximum Gasteiger partial charge on any atom is 0.344 e. The zero-order valence-electron chi connectivity index (χ0n) is 17.3. The molecule has 0 saturated carbocycles. The average molecular weight is 402 g/mol. The van der Waals surface area contributed by atoms with Crippen LogP contribution in [0.25, 0.3) is 11.3 Å². The molecule has 0 unspecified atom stereocenters. The molecule has 30 heavy (non-hydrogen) atoms. The number of ether oxygens (including phenoxy) is 1. The Hall–Kier alpha value is -3.74. The number of carbonyl (C=O) groups excluding carboxylic acids is 2. The number of Topliss-reactive ketones (excluding diaryl/α,β-unsaturated/α-hetero) is 1. The monoisotopic (exact) mass is 402 g/mol. The molecule has 0 radical (unpaired) electrons. The lowest BCUT2D eigenvalue weighted by Crippen LogP contribution is -2.15. The molecule has 0 saturated heterocycles. The first-order valence-electron chi connectivity index (χ1n) is 9.63. The van der Waals surface area contributed by atoms with Crippen molar-refractivity contribution >= 4 is 17.4 Å². The van der Waals surface area contributed by atoms with Crippen LogP contribution in [0.1, 0.15) is 43.4 Å². The Kier molecular flexibility index (Phi) is 4.95. The summed E-state index contributed by atoms with van der Waals surface area (Å²) in [6, 6.07) is 11.7. The van der Waals surface area contributed by atoms with Gasteiger partial charge in [0.2, 0.25) is 5.78 Å². The molecular formula is C23H22N4O3. The van der Waals surface area contributed by atoms with E-state index in [1.165, 1.54) is 10.1 Å². The maximum atomic E-state index is 12.8. The van der Waals surface area contributed by atoms with Gasteiger partial charge in [0.1, 0.15) is 5.56 Å². The highest BCUT2D eigenvalue weighted by molar-refractivity contribution is 6.02. The fourth-order valence-corrected chi connectivity index (χ4v) is 3.65. The first-order chi connectivity index (χ1) is 14.4. The number of benzene rings is 1. The lowest BCUT2D eigenvalue weighted by Gasteiger charge is -2.10. The number of aryl methyl sites for hydroxylation is 3. The molecule has 152 valence electrons. The molecular weight excluding hydrogens is 380 g/mol. The van der Waals surface area contributed by atoms with Crippen LogP contribution in [0.15, 0.2) is 48.8 Å². The third-order valence-electron chi connectivity index (χ3n) is 5.13. The van der Waals surface area contributed by atoms with Crippen molar-refractivity contribution in [3.8, 4) is 5.69 Å². The molecule has 4 aromatic rings. The Balaban J connectivity index is 1.55. The minimum atomic E-state index is -0.609. The van der Waals surface area contributed by atoms with E-state index in [0.717, 1.165) is 17.1 Å². The van der Waals surface area contributed by atoms with Crippen molar-refractivity contribution in [1.29, 1.82) is 0 Å². The van der Waals surface area contributed by atoms with E-state index < -0.39 is 5.97 Å². The van der Waals surface area contributed by atoms with Crippen LogP contribution in [-0.2, 0) is 4.74 Å². The summed E-state index contributed by atoms with van der Waals surface area (Å²) in [7, 11) is 0. The second kappa shape index (κ2) is 7.59. The van der Waals surface area contributed by atoms with Crippen LogP contribution in [-0.4, -0.2) is 37.5 Å². The van der Waals surface area contributed by atoms with Gasteiger partial charge in [-0.3, -0.25) is 4.79 Å². The van der Waals surface area contributed by atoms with E-state index in [0.29, 0.717) is 16.9 Å². The van der Waals surface area contributed by atoms with Crippen LogP contribution >= 0.6 is 0 Å². The van der Waals surface area contributed by atoms with Crippen LogP contribution in [0.2, 0.25) is 0 Å². The second-order valence-electron chi connectivity index (χ2n) is 7.30. The number of ketones is 1. The molecule has 0 N–H and O–H groups in total. The van der Waals surface area contributed by atoms with Gasteiger partial charge in [-0.15, -0.1) is 0 Å². The van der Waals surface area contributed by atoms with E-state index in [2.05, 4.69) is 10.1 Å². The minimum absolute atomic E-state index is 0.253. The molecule has 0 aliphatic rings.